The lowest BCUT2D eigenvalue weighted by atomic mass is 10.0. The molecule has 2 nitrogen and oxygen atoms in total. The smallest absolute Gasteiger partial charge is 0.127 e. The summed E-state index contributed by atoms with van der Waals surface area (Å²) in [5, 5.41) is 3.39. The maximum atomic E-state index is 13.9. The highest BCUT2D eigenvalue weighted by molar-refractivity contribution is 7.98. The van der Waals surface area contributed by atoms with Crippen LogP contribution in [0.1, 0.15) is 31.9 Å². The normalized spacial score (nSPS) is 14.5. The summed E-state index contributed by atoms with van der Waals surface area (Å²) in [4.78, 5) is 2.35. The summed E-state index contributed by atoms with van der Waals surface area (Å²) in [5.74, 6) is 1.01. The molecule has 0 aliphatic rings. The molecule has 0 amide bonds. The van der Waals surface area contributed by atoms with Crippen LogP contribution in [0.5, 0.6) is 0 Å². The SMILES string of the molecule is CCNC(CCN(C)C(C)CSC)c1ccccc1F. The fourth-order valence-corrected chi connectivity index (χ4v) is 3.03. The van der Waals surface area contributed by atoms with Crippen molar-refractivity contribution in [3.63, 3.8) is 0 Å². The van der Waals surface area contributed by atoms with E-state index in [9.17, 15) is 4.39 Å². The number of nitrogens with one attached hydrogen (secondary N) is 1. The van der Waals surface area contributed by atoms with Crippen molar-refractivity contribution in [1.82, 2.24) is 10.2 Å². The number of halogens is 1. The molecule has 114 valence electrons. The van der Waals surface area contributed by atoms with Crippen LogP contribution >= 0.6 is 11.8 Å². The van der Waals surface area contributed by atoms with E-state index in [0.29, 0.717) is 6.04 Å². The van der Waals surface area contributed by atoms with Crippen molar-refractivity contribution in [2.75, 3.05) is 32.1 Å². The fraction of sp³-hybridized carbons (Fsp3) is 0.625. The zero-order chi connectivity index (χ0) is 15.0. The molecule has 0 heterocycles. The molecule has 0 bridgehead atoms. The number of thioether (sulfide) groups is 1. The van der Waals surface area contributed by atoms with Crippen LogP contribution in [-0.4, -0.2) is 43.1 Å². The van der Waals surface area contributed by atoms with E-state index in [4.69, 9.17) is 0 Å². The molecule has 0 radical (unpaired) electrons. The van der Waals surface area contributed by atoms with Crippen LogP contribution in [0.15, 0.2) is 24.3 Å². The molecule has 1 N–H and O–H groups in total. The fourth-order valence-electron chi connectivity index (χ4n) is 2.29. The first-order chi connectivity index (χ1) is 9.60. The Kier molecular flexibility index (Phi) is 8.19. The molecule has 0 aliphatic carbocycles. The zero-order valence-electron chi connectivity index (χ0n) is 13.0. The highest BCUT2D eigenvalue weighted by Crippen LogP contribution is 2.20. The number of nitrogens with zero attached hydrogens (tertiary/aromatic N) is 1. The van der Waals surface area contributed by atoms with Crippen LogP contribution in [-0.2, 0) is 0 Å². The molecule has 1 rings (SSSR count). The third kappa shape index (κ3) is 5.43. The van der Waals surface area contributed by atoms with Crippen molar-refractivity contribution < 1.29 is 4.39 Å². The van der Waals surface area contributed by atoms with Gasteiger partial charge in [0.1, 0.15) is 5.82 Å². The van der Waals surface area contributed by atoms with Crippen LogP contribution in [0.2, 0.25) is 0 Å². The summed E-state index contributed by atoms with van der Waals surface area (Å²) in [6.45, 7) is 6.12. The average Bonchev–Trinajstić information content (AvgIpc) is 2.44. The number of benzene rings is 1. The Balaban J connectivity index is 2.62. The molecule has 20 heavy (non-hydrogen) atoms. The number of hydrogen-bond acceptors (Lipinski definition) is 3. The van der Waals surface area contributed by atoms with E-state index in [0.717, 1.165) is 30.8 Å². The lowest BCUT2D eigenvalue weighted by Crippen LogP contribution is -2.34. The topological polar surface area (TPSA) is 15.3 Å². The predicted octanol–water partition coefficient (Wildman–Crippen LogP) is 3.55. The molecule has 1 aromatic rings. The molecule has 0 aliphatic heterocycles. The Morgan fingerprint density at radius 1 is 1.35 bits per heavy atom. The number of hydrogen-bond donors (Lipinski definition) is 1. The Morgan fingerprint density at radius 3 is 2.65 bits per heavy atom. The van der Waals surface area contributed by atoms with Gasteiger partial charge in [-0.15, -0.1) is 0 Å². The van der Waals surface area contributed by atoms with Crippen molar-refractivity contribution >= 4 is 11.8 Å². The molecular weight excluding hydrogens is 271 g/mol. The largest absolute Gasteiger partial charge is 0.310 e. The molecule has 0 aromatic heterocycles. The van der Waals surface area contributed by atoms with Crippen LogP contribution in [0.25, 0.3) is 0 Å². The summed E-state index contributed by atoms with van der Waals surface area (Å²) in [6, 6.07) is 7.71. The Labute approximate surface area is 127 Å². The third-order valence-corrected chi connectivity index (χ3v) is 4.48. The van der Waals surface area contributed by atoms with E-state index < -0.39 is 0 Å². The first-order valence-electron chi connectivity index (χ1n) is 7.27. The Hall–Kier alpha value is -0.580. The Bertz CT molecular complexity index is 386. The first-order valence-corrected chi connectivity index (χ1v) is 8.66. The maximum absolute atomic E-state index is 13.9. The second-order valence-corrected chi connectivity index (χ2v) is 6.12. The van der Waals surface area contributed by atoms with Gasteiger partial charge in [-0.1, -0.05) is 25.1 Å². The van der Waals surface area contributed by atoms with Crippen LogP contribution in [0.4, 0.5) is 4.39 Å². The molecule has 4 heteroatoms. The molecule has 1 aromatic carbocycles. The van der Waals surface area contributed by atoms with E-state index in [-0.39, 0.29) is 11.9 Å². The minimum absolute atomic E-state index is 0.0881. The van der Waals surface area contributed by atoms with Gasteiger partial charge in [0, 0.05) is 23.4 Å². The standard InChI is InChI=1S/C16H27FN2S/c1-5-18-16(14-8-6-7-9-15(14)17)10-11-19(3)13(2)12-20-4/h6-9,13,16,18H,5,10-12H2,1-4H3. The molecule has 0 saturated heterocycles. The van der Waals surface area contributed by atoms with E-state index in [1.165, 1.54) is 0 Å². The van der Waals surface area contributed by atoms with Crippen LogP contribution in [0, 0.1) is 5.82 Å². The van der Waals surface area contributed by atoms with Gasteiger partial charge in [0.15, 0.2) is 0 Å². The minimum Gasteiger partial charge on any atom is -0.310 e. The summed E-state index contributed by atoms with van der Waals surface area (Å²) in [6.07, 6.45) is 3.05. The van der Waals surface area contributed by atoms with E-state index in [1.54, 1.807) is 12.1 Å². The summed E-state index contributed by atoms with van der Waals surface area (Å²) < 4.78 is 13.9. The molecular formula is C16H27FN2S. The maximum Gasteiger partial charge on any atom is 0.127 e. The molecule has 0 spiro atoms. The van der Waals surface area contributed by atoms with Gasteiger partial charge in [0.2, 0.25) is 0 Å². The van der Waals surface area contributed by atoms with E-state index in [2.05, 4.69) is 37.4 Å². The van der Waals surface area contributed by atoms with Crippen molar-refractivity contribution in [3.8, 4) is 0 Å². The van der Waals surface area contributed by atoms with E-state index in [1.807, 2.05) is 23.9 Å². The van der Waals surface area contributed by atoms with Crippen molar-refractivity contribution in [2.45, 2.75) is 32.4 Å². The summed E-state index contributed by atoms with van der Waals surface area (Å²) in [5.41, 5.74) is 0.778. The van der Waals surface area contributed by atoms with Gasteiger partial charge in [-0.3, -0.25) is 0 Å². The van der Waals surface area contributed by atoms with Gasteiger partial charge < -0.3 is 10.2 Å². The minimum atomic E-state index is -0.113. The highest BCUT2D eigenvalue weighted by atomic mass is 32.2. The van der Waals surface area contributed by atoms with E-state index >= 15 is 0 Å². The lowest BCUT2D eigenvalue weighted by molar-refractivity contribution is 0.259. The van der Waals surface area contributed by atoms with Crippen LogP contribution < -0.4 is 5.32 Å². The third-order valence-electron chi connectivity index (χ3n) is 3.66. The second-order valence-electron chi connectivity index (χ2n) is 5.21. The monoisotopic (exact) mass is 298 g/mol. The second kappa shape index (κ2) is 9.37. The summed E-state index contributed by atoms with van der Waals surface area (Å²) >= 11 is 1.86. The first kappa shape index (κ1) is 17.5. The van der Waals surface area contributed by atoms with Gasteiger partial charge >= 0.3 is 0 Å². The molecule has 0 saturated carbocycles. The molecule has 2 unspecified atom stereocenters. The van der Waals surface area contributed by atoms with Crippen molar-refractivity contribution in [1.29, 1.82) is 0 Å². The average molecular weight is 298 g/mol. The number of rotatable bonds is 9. The predicted molar refractivity (Wildman–Crippen MR) is 87.9 cm³/mol. The van der Waals surface area contributed by atoms with Crippen molar-refractivity contribution in [3.05, 3.63) is 35.6 Å². The van der Waals surface area contributed by atoms with Gasteiger partial charge in [-0.2, -0.15) is 11.8 Å². The molecule has 2 atom stereocenters. The van der Waals surface area contributed by atoms with Gasteiger partial charge in [0.25, 0.3) is 0 Å². The lowest BCUT2D eigenvalue weighted by Gasteiger charge is -2.27. The van der Waals surface area contributed by atoms with Crippen LogP contribution in [0.3, 0.4) is 0 Å². The van der Waals surface area contributed by atoms with Gasteiger partial charge in [0.05, 0.1) is 0 Å². The van der Waals surface area contributed by atoms with Gasteiger partial charge in [-0.25, -0.2) is 4.39 Å². The zero-order valence-corrected chi connectivity index (χ0v) is 13.8. The van der Waals surface area contributed by atoms with Gasteiger partial charge in [-0.05, 0) is 45.8 Å². The highest BCUT2D eigenvalue weighted by Gasteiger charge is 2.16. The van der Waals surface area contributed by atoms with Crippen molar-refractivity contribution in [2.24, 2.45) is 0 Å². The quantitative estimate of drug-likeness (QED) is 0.750. The summed E-state index contributed by atoms with van der Waals surface area (Å²) in [7, 11) is 2.14. The molecule has 0 fully saturated rings. The Morgan fingerprint density at radius 2 is 2.05 bits per heavy atom.